The van der Waals surface area contributed by atoms with E-state index in [9.17, 15) is 14.0 Å². The summed E-state index contributed by atoms with van der Waals surface area (Å²) in [6.07, 6.45) is 0.0148. The van der Waals surface area contributed by atoms with E-state index in [2.05, 4.69) is 0 Å². The Balaban J connectivity index is 1.65. The standard InChI is InChI=1S/C18H16FNO4/c19-16-4-2-1-3-12(16)11-24-15-7-5-14(6-8-15)20-10-13(18(22)23)9-17(20)21/h1-8,13H,9-11H2,(H,22,23). The minimum absolute atomic E-state index is 0.0148. The van der Waals surface area contributed by atoms with Crippen LogP contribution in [0.15, 0.2) is 48.5 Å². The number of rotatable bonds is 5. The van der Waals surface area contributed by atoms with Crippen LogP contribution in [0.25, 0.3) is 0 Å². The minimum Gasteiger partial charge on any atom is -0.489 e. The number of ether oxygens (including phenoxy) is 1. The highest BCUT2D eigenvalue weighted by molar-refractivity contribution is 5.99. The highest BCUT2D eigenvalue weighted by Gasteiger charge is 2.34. The Bertz CT molecular complexity index is 760. The van der Waals surface area contributed by atoms with Crippen molar-refractivity contribution in [1.29, 1.82) is 0 Å². The normalized spacial score (nSPS) is 17.1. The fourth-order valence-corrected chi connectivity index (χ4v) is 2.62. The lowest BCUT2D eigenvalue weighted by Gasteiger charge is -2.16. The van der Waals surface area contributed by atoms with E-state index < -0.39 is 11.9 Å². The van der Waals surface area contributed by atoms with Crippen molar-refractivity contribution < 1.29 is 23.8 Å². The Labute approximate surface area is 138 Å². The number of carbonyl (C=O) groups is 2. The van der Waals surface area contributed by atoms with Crippen LogP contribution in [0.2, 0.25) is 0 Å². The molecule has 1 aliphatic rings. The first-order valence-corrected chi connectivity index (χ1v) is 7.54. The molecule has 5 nitrogen and oxygen atoms in total. The number of hydrogen-bond acceptors (Lipinski definition) is 3. The van der Waals surface area contributed by atoms with Gasteiger partial charge < -0.3 is 14.7 Å². The number of benzene rings is 2. The zero-order chi connectivity index (χ0) is 17.1. The lowest BCUT2D eigenvalue weighted by Crippen LogP contribution is -2.25. The Morgan fingerprint density at radius 3 is 2.54 bits per heavy atom. The summed E-state index contributed by atoms with van der Waals surface area (Å²) in [6.45, 7) is 0.277. The van der Waals surface area contributed by atoms with E-state index in [-0.39, 0.29) is 31.3 Å². The predicted molar refractivity (Wildman–Crippen MR) is 85.3 cm³/mol. The predicted octanol–water partition coefficient (Wildman–Crippen LogP) is 2.84. The van der Waals surface area contributed by atoms with Crippen molar-refractivity contribution in [2.75, 3.05) is 11.4 Å². The number of carboxylic acid groups (broad SMARTS) is 1. The summed E-state index contributed by atoms with van der Waals surface area (Å²) >= 11 is 0. The molecule has 1 heterocycles. The third-order valence-electron chi connectivity index (χ3n) is 3.97. The van der Waals surface area contributed by atoms with Gasteiger partial charge in [-0.1, -0.05) is 18.2 Å². The van der Waals surface area contributed by atoms with Crippen molar-refractivity contribution in [3.05, 3.63) is 59.9 Å². The maximum Gasteiger partial charge on any atom is 0.308 e. The van der Waals surface area contributed by atoms with Crippen molar-refractivity contribution in [3.8, 4) is 5.75 Å². The number of halogens is 1. The van der Waals surface area contributed by atoms with Crippen LogP contribution in [0.5, 0.6) is 5.75 Å². The molecule has 124 valence electrons. The van der Waals surface area contributed by atoms with Crippen LogP contribution in [0.1, 0.15) is 12.0 Å². The van der Waals surface area contributed by atoms with Crippen LogP contribution in [0.3, 0.4) is 0 Å². The van der Waals surface area contributed by atoms with Gasteiger partial charge in [-0.05, 0) is 30.3 Å². The minimum atomic E-state index is -0.962. The summed E-state index contributed by atoms with van der Waals surface area (Å²) in [5, 5.41) is 9.01. The molecule has 1 aliphatic heterocycles. The first kappa shape index (κ1) is 16.0. The van der Waals surface area contributed by atoms with Crippen molar-refractivity contribution >= 4 is 17.6 Å². The van der Waals surface area contributed by atoms with Crippen LogP contribution in [0.4, 0.5) is 10.1 Å². The van der Waals surface area contributed by atoms with Gasteiger partial charge in [0.25, 0.3) is 0 Å². The number of carboxylic acids is 1. The highest BCUT2D eigenvalue weighted by Crippen LogP contribution is 2.27. The molecular formula is C18H16FNO4. The molecule has 2 aromatic carbocycles. The highest BCUT2D eigenvalue weighted by atomic mass is 19.1. The maximum atomic E-state index is 13.5. The lowest BCUT2D eigenvalue weighted by molar-refractivity contribution is -0.141. The molecule has 0 spiro atoms. The number of nitrogens with zero attached hydrogens (tertiary/aromatic N) is 1. The Kier molecular flexibility index (Phi) is 4.46. The molecule has 0 bridgehead atoms. The Hall–Kier alpha value is -2.89. The monoisotopic (exact) mass is 329 g/mol. The molecule has 0 saturated carbocycles. The quantitative estimate of drug-likeness (QED) is 0.916. The average molecular weight is 329 g/mol. The number of aliphatic carboxylic acids is 1. The van der Waals surface area contributed by atoms with Crippen LogP contribution < -0.4 is 9.64 Å². The van der Waals surface area contributed by atoms with Gasteiger partial charge in [-0.15, -0.1) is 0 Å². The molecule has 1 atom stereocenters. The van der Waals surface area contributed by atoms with Crippen LogP contribution in [-0.2, 0) is 16.2 Å². The zero-order valence-corrected chi connectivity index (χ0v) is 12.8. The molecular weight excluding hydrogens is 313 g/mol. The number of carbonyl (C=O) groups excluding carboxylic acids is 1. The van der Waals surface area contributed by atoms with Crippen LogP contribution >= 0.6 is 0 Å². The lowest BCUT2D eigenvalue weighted by atomic mass is 10.1. The van der Waals surface area contributed by atoms with Gasteiger partial charge in [-0.3, -0.25) is 9.59 Å². The molecule has 1 saturated heterocycles. The molecule has 0 aliphatic carbocycles. The molecule has 24 heavy (non-hydrogen) atoms. The van der Waals surface area contributed by atoms with E-state index in [1.165, 1.54) is 11.0 Å². The summed E-state index contributed by atoms with van der Waals surface area (Å²) in [5.41, 5.74) is 1.09. The van der Waals surface area contributed by atoms with Gasteiger partial charge in [0.05, 0.1) is 5.92 Å². The van der Waals surface area contributed by atoms with E-state index in [0.717, 1.165) is 0 Å². The smallest absolute Gasteiger partial charge is 0.308 e. The molecule has 3 rings (SSSR count). The number of anilines is 1. The maximum absolute atomic E-state index is 13.5. The second-order valence-corrected chi connectivity index (χ2v) is 5.62. The van der Waals surface area contributed by atoms with E-state index in [1.807, 2.05) is 0 Å². The van der Waals surface area contributed by atoms with Gasteiger partial charge in [0, 0.05) is 24.2 Å². The van der Waals surface area contributed by atoms with Gasteiger partial charge in [0.2, 0.25) is 5.91 Å². The number of hydrogen-bond donors (Lipinski definition) is 1. The van der Waals surface area contributed by atoms with Gasteiger partial charge in [-0.25, -0.2) is 4.39 Å². The van der Waals surface area contributed by atoms with Gasteiger partial charge >= 0.3 is 5.97 Å². The van der Waals surface area contributed by atoms with Crippen LogP contribution in [0, 0.1) is 11.7 Å². The summed E-state index contributed by atoms with van der Waals surface area (Å²) in [5.74, 6) is -1.62. The van der Waals surface area contributed by atoms with E-state index >= 15 is 0 Å². The summed E-state index contributed by atoms with van der Waals surface area (Å²) in [4.78, 5) is 24.4. The largest absolute Gasteiger partial charge is 0.489 e. The second-order valence-electron chi connectivity index (χ2n) is 5.62. The molecule has 2 aromatic rings. The van der Waals surface area contributed by atoms with Gasteiger partial charge in [0.1, 0.15) is 18.2 Å². The molecule has 1 fully saturated rings. The molecule has 1 amide bonds. The average Bonchev–Trinajstić information content (AvgIpc) is 2.97. The van der Waals surface area contributed by atoms with Crippen molar-refractivity contribution in [2.45, 2.75) is 13.0 Å². The molecule has 6 heteroatoms. The van der Waals surface area contributed by atoms with Crippen molar-refractivity contribution in [2.24, 2.45) is 5.92 Å². The Morgan fingerprint density at radius 2 is 1.92 bits per heavy atom. The first-order valence-electron chi connectivity index (χ1n) is 7.54. The van der Waals surface area contributed by atoms with Crippen LogP contribution in [-0.4, -0.2) is 23.5 Å². The van der Waals surface area contributed by atoms with Gasteiger partial charge in [-0.2, -0.15) is 0 Å². The molecule has 0 radical (unpaired) electrons. The van der Waals surface area contributed by atoms with Gasteiger partial charge in [0.15, 0.2) is 0 Å². The van der Waals surface area contributed by atoms with E-state index in [4.69, 9.17) is 9.84 Å². The summed E-state index contributed by atoms with van der Waals surface area (Å²) in [7, 11) is 0. The second kappa shape index (κ2) is 6.70. The fraction of sp³-hybridized carbons (Fsp3) is 0.222. The topological polar surface area (TPSA) is 66.8 Å². The van der Waals surface area contributed by atoms with Crippen molar-refractivity contribution in [1.82, 2.24) is 0 Å². The zero-order valence-electron chi connectivity index (χ0n) is 12.8. The number of amides is 1. The van der Waals surface area contributed by atoms with Crippen molar-refractivity contribution in [3.63, 3.8) is 0 Å². The third kappa shape index (κ3) is 3.37. The molecule has 1 unspecified atom stereocenters. The fourth-order valence-electron chi connectivity index (χ4n) is 2.62. The first-order chi connectivity index (χ1) is 11.5. The Morgan fingerprint density at radius 1 is 1.21 bits per heavy atom. The van der Waals surface area contributed by atoms with E-state index in [1.54, 1.807) is 42.5 Å². The molecule has 0 aromatic heterocycles. The molecule has 1 N–H and O–H groups in total. The van der Waals surface area contributed by atoms with E-state index in [0.29, 0.717) is 17.0 Å². The third-order valence-corrected chi connectivity index (χ3v) is 3.97. The summed E-state index contributed by atoms with van der Waals surface area (Å²) in [6, 6.07) is 13.1. The SMILES string of the molecule is O=C(O)C1CC(=O)N(c2ccc(OCc3ccccc3F)cc2)C1. The summed E-state index contributed by atoms with van der Waals surface area (Å²) < 4.78 is 19.1.